The van der Waals surface area contributed by atoms with Crippen LogP contribution in [0, 0.1) is 12.8 Å². The number of sulfonamides is 1. The molecule has 2 atom stereocenters. The fourth-order valence-electron chi connectivity index (χ4n) is 3.67. The molecule has 1 aromatic heterocycles. The van der Waals surface area contributed by atoms with Crippen LogP contribution >= 0.6 is 12.4 Å². The van der Waals surface area contributed by atoms with E-state index in [0.29, 0.717) is 26.2 Å². The highest BCUT2D eigenvalue weighted by Gasteiger charge is 2.33. The van der Waals surface area contributed by atoms with Crippen molar-refractivity contribution in [3.05, 3.63) is 17.6 Å². The van der Waals surface area contributed by atoms with Crippen molar-refractivity contribution in [2.45, 2.75) is 50.5 Å². The molecule has 2 aliphatic rings. The van der Waals surface area contributed by atoms with Crippen molar-refractivity contribution in [3.63, 3.8) is 0 Å². The third-order valence-corrected chi connectivity index (χ3v) is 7.26. The molecule has 0 aromatic carbocycles. The van der Waals surface area contributed by atoms with Crippen LogP contribution in [0.3, 0.4) is 0 Å². The summed E-state index contributed by atoms with van der Waals surface area (Å²) >= 11 is 0. The zero-order valence-electron chi connectivity index (χ0n) is 15.3. The van der Waals surface area contributed by atoms with Gasteiger partial charge in [-0.3, -0.25) is 4.79 Å². The zero-order valence-corrected chi connectivity index (χ0v) is 16.9. The van der Waals surface area contributed by atoms with Crippen molar-refractivity contribution in [1.29, 1.82) is 0 Å². The van der Waals surface area contributed by atoms with Gasteiger partial charge in [0.2, 0.25) is 10.0 Å². The van der Waals surface area contributed by atoms with Crippen LogP contribution < -0.4 is 5.73 Å². The lowest BCUT2D eigenvalue weighted by Crippen LogP contribution is -2.45. The largest absolute Gasteiger partial charge is 0.455 e. The quantitative estimate of drug-likeness (QED) is 0.826. The monoisotopic (exact) mass is 405 g/mol. The maximum absolute atomic E-state index is 12.8. The summed E-state index contributed by atoms with van der Waals surface area (Å²) in [4.78, 5) is 14.6. The smallest absolute Gasteiger partial charge is 0.289 e. The highest BCUT2D eigenvalue weighted by Crippen LogP contribution is 2.28. The van der Waals surface area contributed by atoms with Crippen molar-refractivity contribution >= 4 is 28.3 Å². The molecule has 9 heteroatoms. The summed E-state index contributed by atoms with van der Waals surface area (Å²) in [5.41, 5.74) is 5.98. The summed E-state index contributed by atoms with van der Waals surface area (Å²) in [6.07, 6.45) is 3.65. The molecule has 3 rings (SSSR count). The van der Waals surface area contributed by atoms with Crippen LogP contribution in [0.15, 0.2) is 15.4 Å². The van der Waals surface area contributed by atoms with E-state index in [4.69, 9.17) is 10.2 Å². The van der Waals surface area contributed by atoms with Crippen LogP contribution in [0.2, 0.25) is 0 Å². The normalized spacial score (nSPS) is 22.9. The molecule has 2 N–H and O–H groups in total. The minimum absolute atomic E-state index is 0. The maximum Gasteiger partial charge on any atom is 0.289 e. The summed E-state index contributed by atoms with van der Waals surface area (Å²) in [7, 11) is -3.59. The molecule has 0 radical (unpaired) electrons. The molecule has 1 amide bonds. The van der Waals surface area contributed by atoms with Crippen LogP contribution in [0.25, 0.3) is 0 Å². The van der Waals surface area contributed by atoms with Crippen molar-refractivity contribution in [1.82, 2.24) is 9.21 Å². The fourth-order valence-corrected chi connectivity index (χ4v) is 5.35. The Bertz CT molecular complexity index is 741. The van der Waals surface area contributed by atoms with E-state index in [-0.39, 0.29) is 46.7 Å². The van der Waals surface area contributed by atoms with Gasteiger partial charge in [-0.1, -0.05) is 0 Å². The van der Waals surface area contributed by atoms with E-state index < -0.39 is 10.0 Å². The van der Waals surface area contributed by atoms with Gasteiger partial charge in [0.25, 0.3) is 5.91 Å². The molecule has 0 aliphatic carbocycles. The first-order valence-electron chi connectivity index (χ1n) is 8.96. The molecule has 2 aliphatic heterocycles. The van der Waals surface area contributed by atoms with Gasteiger partial charge in [-0.05, 0) is 45.4 Å². The predicted octanol–water partition coefficient (Wildman–Crippen LogP) is 1.99. The number of piperidine rings is 1. The highest BCUT2D eigenvalue weighted by molar-refractivity contribution is 7.89. The molecule has 3 heterocycles. The number of furan rings is 1. The van der Waals surface area contributed by atoms with Crippen LogP contribution in [0.4, 0.5) is 0 Å². The number of hydrogen-bond acceptors (Lipinski definition) is 5. The Hall–Kier alpha value is -1.09. The van der Waals surface area contributed by atoms with Gasteiger partial charge in [0.1, 0.15) is 10.7 Å². The predicted molar refractivity (Wildman–Crippen MR) is 101 cm³/mol. The van der Waals surface area contributed by atoms with E-state index in [1.54, 1.807) is 11.8 Å². The molecule has 7 nitrogen and oxygen atoms in total. The summed E-state index contributed by atoms with van der Waals surface area (Å²) in [6, 6.07) is 1.42. The third-order valence-electron chi connectivity index (χ3n) is 5.25. The minimum atomic E-state index is -3.59. The van der Waals surface area contributed by atoms with E-state index in [9.17, 15) is 13.2 Å². The third kappa shape index (κ3) is 4.08. The number of amides is 1. The number of hydrogen-bond donors (Lipinski definition) is 1. The second-order valence-electron chi connectivity index (χ2n) is 7.15. The van der Waals surface area contributed by atoms with E-state index in [0.717, 1.165) is 25.7 Å². The average molecular weight is 406 g/mol. The van der Waals surface area contributed by atoms with Gasteiger partial charge in [0.15, 0.2) is 5.76 Å². The molecule has 26 heavy (non-hydrogen) atoms. The first-order valence-corrected chi connectivity index (χ1v) is 10.4. The van der Waals surface area contributed by atoms with Crippen LogP contribution in [0.5, 0.6) is 0 Å². The van der Waals surface area contributed by atoms with Gasteiger partial charge in [0, 0.05) is 38.3 Å². The van der Waals surface area contributed by atoms with Crippen LogP contribution in [0.1, 0.15) is 48.9 Å². The van der Waals surface area contributed by atoms with Gasteiger partial charge in [0.05, 0.1) is 0 Å². The lowest BCUT2D eigenvalue weighted by molar-refractivity contribution is 0.0627. The average Bonchev–Trinajstić information content (AvgIpc) is 3.24. The minimum Gasteiger partial charge on any atom is -0.455 e. The Morgan fingerprint density at radius 2 is 1.92 bits per heavy atom. The summed E-state index contributed by atoms with van der Waals surface area (Å²) in [5, 5.41) is 0. The number of nitrogens with two attached hydrogens (primary N) is 1. The van der Waals surface area contributed by atoms with Gasteiger partial charge in [-0.25, -0.2) is 8.42 Å². The molecule has 2 fully saturated rings. The van der Waals surface area contributed by atoms with Crippen LogP contribution in [-0.4, -0.2) is 55.8 Å². The Labute approximate surface area is 161 Å². The van der Waals surface area contributed by atoms with E-state index >= 15 is 0 Å². The summed E-state index contributed by atoms with van der Waals surface area (Å²) in [5.74, 6) is 0.384. The second-order valence-corrected chi connectivity index (χ2v) is 9.06. The second kappa shape index (κ2) is 8.29. The van der Waals surface area contributed by atoms with Crippen molar-refractivity contribution in [2.24, 2.45) is 11.7 Å². The lowest BCUT2D eigenvalue weighted by Gasteiger charge is -2.34. The zero-order chi connectivity index (χ0) is 18.2. The van der Waals surface area contributed by atoms with Gasteiger partial charge in [-0.15, -0.1) is 12.4 Å². The number of carbonyl (C=O) groups excluding carboxylic acids is 1. The van der Waals surface area contributed by atoms with Gasteiger partial charge >= 0.3 is 0 Å². The Morgan fingerprint density at radius 3 is 2.54 bits per heavy atom. The van der Waals surface area contributed by atoms with Gasteiger partial charge < -0.3 is 15.1 Å². The first-order chi connectivity index (χ1) is 11.8. The molecule has 2 unspecified atom stereocenters. The van der Waals surface area contributed by atoms with E-state index in [1.165, 1.54) is 10.4 Å². The molecule has 1 aromatic rings. The van der Waals surface area contributed by atoms with Gasteiger partial charge in [-0.2, -0.15) is 4.31 Å². The Balaban J connectivity index is 0.00000243. The lowest BCUT2D eigenvalue weighted by atomic mass is 9.92. The Kier molecular flexibility index (Phi) is 6.76. The number of aryl methyl sites for hydroxylation is 1. The molecule has 148 valence electrons. The molecule has 0 bridgehead atoms. The molecule has 0 saturated carbocycles. The molecular weight excluding hydrogens is 378 g/mol. The van der Waals surface area contributed by atoms with Crippen molar-refractivity contribution in [2.75, 3.05) is 26.2 Å². The maximum atomic E-state index is 12.8. The molecular formula is C17H28ClN3O4S. The Morgan fingerprint density at radius 1 is 1.27 bits per heavy atom. The number of likely N-dealkylation sites (tertiary alicyclic amines) is 1. The van der Waals surface area contributed by atoms with E-state index in [2.05, 4.69) is 0 Å². The van der Waals surface area contributed by atoms with Crippen LogP contribution in [-0.2, 0) is 10.0 Å². The number of carbonyl (C=O) groups is 1. The van der Waals surface area contributed by atoms with Crippen molar-refractivity contribution < 1.29 is 17.6 Å². The summed E-state index contributed by atoms with van der Waals surface area (Å²) in [6.45, 7) is 5.84. The van der Waals surface area contributed by atoms with Crippen molar-refractivity contribution in [3.8, 4) is 0 Å². The topological polar surface area (TPSA) is 96.8 Å². The molecule has 2 saturated heterocycles. The highest BCUT2D eigenvalue weighted by atomic mass is 35.5. The standard InChI is InChI=1S/C17H27N3O4S.ClH/c1-12(18)14-6-5-7-19(11-14)17(21)15-10-16(13(2)24-15)25(22,23)20-8-3-4-9-20;/h10,12,14H,3-9,11,18H2,1-2H3;1H. The number of nitrogens with zero attached hydrogens (tertiary/aromatic N) is 2. The first kappa shape index (κ1) is 21.2. The SMILES string of the molecule is Cc1oc(C(=O)N2CCCC(C(C)N)C2)cc1S(=O)(=O)N1CCCC1.Cl. The number of rotatable bonds is 4. The summed E-state index contributed by atoms with van der Waals surface area (Å²) < 4.78 is 32.5. The van der Waals surface area contributed by atoms with E-state index in [1.807, 2.05) is 6.92 Å². The fraction of sp³-hybridized carbons (Fsp3) is 0.706. The number of halogens is 1. The molecule has 0 spiro atoms.